The Balaban J connectivity index is 0.000000446. The van der Waals surface area contributed by atoms with Gasteiger partial charge >= 0.3 is 5.97 Å². The first-order valence-electron chi connectivity index (χ1n) is 10.5. The molecule has 0 radical (unpaired) electrons. The molecular weight excluding hydrogens is 388 g/mol. The van der Waals surface area contributed by atoms with E-state index in [1.807, 2.05) is 13.8 Å². The minimum absolute atomic E-state index is 0.277. The number of carbonyl (C=O) groups is 1. The molecule has 2 saturated carbocycles. The maximum absolute atomic E-state index is 10.8. The lowest BCUT2D eigenvalue weighted by Crippen LogP contribution is -2.31. The third-order valence-corrected chi connectivity index (χ3v) is 6.72. The second-order valence-electron chi connectivity index (χ2n) is 7.63. The molecule has 0 aromatic carbocycles. The summed E-state index contributed by atoms with van der Waals surface area (Å²) in [5, 5.41) is 0. The highest BCUT2D eigenvalue weighted by Crippen LogP contribution is 2.57. The predicted molar refractivity (Wildman–Crippen MR) is 118 cm³/mol. The fourth-order valence-electron chi connectivity index (χ4n) is 4.26. The van der Waals surface area contributed by atoms with Crippen LogP contribution in [0.25, 0.3) is 0 Å². The molecule has 0 saturated heterocycles. The first-order chi connectivity index (χ1) is 12.4. The zero-order chi connectivity index (χ0) is 20.2. The molecule has 3 heteroatoms. The summed E-state index contributed by atoms with van der Waals surface area (Å²) in [6.45, 7) is 14.7. The quantitative estimate of drug-likeness (QED) is 0.253. The number of carbonyl (C=O) groups excluding carboxylic acids is 1. The van der Waals surface area contributed by atoms with Crippen LogP contribution in [0.4, 0.5) is 0 Å². The van der Waals surface area contributed by atoms with Crippen LogP contribution in [0.2, 0.25) is 0 Å². The Kier molecular flexibility index (Phi) is 13.3. The molecule has 3 unspecified atom stereocenters. The number of unbranched alkanes of at least 4 members (excludes halogenated alkanes) is 2. The molecule has 0 aliphatic heterocycles. The minimum Gasteiger partial charge on any atom is -0.466 e. The van der Waals surface area contributed by atoms with E-state index in [2.05, 4.69) is 53.0 Å². The van der Waals surface area contributed by atoms with Crippen LogP contribution in [-0.4, -0.2) is 13.1 Å². The van der Waals surface area contributed by atoms with E-state index in [1.165, 1.54) is 39.2 Å². The van der Waals surface area contributed by atoms with E-state index >= 15 is 0 Å². The summed E-state index contributed by atoms with van der Waals surface area (Å²) in [5.74, 6) is 1.54. The van der Waals surface area contributed by atoms with Crippen LogP contribution in [0, 0.1) is 17.3 Å². The van der Waals surface area contributed by atoms with E-state index in [-0.39, 0.29) is 5.97 Å². The lowest BCUT2D eigenvalue weighted by Gasteiger charge is -2.41. The van der Waals surface area contributed by atoms with Gasteiger partial charge in [0.05, 0.1) is 7.11 Å². The summed E-state index contributed by atoms with van der Waals surface area (Å²) >= 11 is 3.53. The normalized spacial score (nSPS) is 28.2. The van der Waals surface area contributed by atoms with Crippen LogP contribution < -0.4 is 0 Å². The number of hydrogen-bond donors (Lipinski definition) is 0. The highest BCUT2D eigenvalue weighted by Gasteiger charge is 2.46. The highest BCUT2D eigenvalue weighted by atomic mass is 79.9. The van der Waals surface area contributed by atoms with Crippen LogP contribution in [0.1, 0.15) is 92.4 Å². The maximum Gasteiger partial charge on any atom is 0.333 e. The minimum atomic E-state index is -0.277. The molecule has 0 heterocycles. The van der Waals surface area contributed by atoms with Gasteiger partial charge in [-0.3, -0.25) is 0 Å². The lowest BCUT2D eigenvalue weighted by atomic mass is 9.64. The number of fused-ring (bicyclic) bond motifs is 1. The van der Waals surface area contributed by atoms with Gasteiger partial charge in [-0.15, -0.1) is 0 Å². The molecular formula is C23H41BrO2. The first kappa shape index (κ1) is 25.4. The van der Waals surface area contributed by atoms with E-state index in [1.54, 1.807) is 5.57 Å². The van der Waals surface area contributed by atoms with Crippen molar-refractivity contribution in [1.29, 1.82) is 0 Å². The number of halogens is 1. The fraction of sp³-hybridized carbons (Fsp3) is 0.783. The number of hydrogen-bond acceptors (Lipinski definition) is 2. The van der Waals surface area contributed by atoms with Gasteiger partial charge in [-0.25, -0.2) is 4.79 Å². The van der Waals surface area contributed by atoms with Crippen LogP contribution in [0.15, 0.2) is 22.7 Å². The summed E-state index contributed by atoms with van der Waals surface area (Å²) in [6.07, 6.45) is 11.1. The van der Waals surface area contributed by atoms with E-state index in [0.717, 1.165) is 37.5 Å². The number of allylic oxidation sites excluding steroid dienone is 1. The monoisotopic (exact) mass is 428 g/mol. The highest BCUT2D eigenvalue weighted by molar-refractivity contribution is 9.11. The summed E-state index contributed by atoms with van der Waals surface area (Å²) in [5.41, 5.74) is 2.89. The number of esters is 1. The molecule has 152 valence electrons. The molecule has 2 aliphatic carbocycles. The second kappa shape index (κ2) is 13.6. The van der Waals surface area contributed by atoms with Crippen LogP contribution in [0.5, 0.6) is 0 Å². The standard InChI is InChI=1S/C12H19Br.C9H16O2.C2H6/c1-9-5-6-11-10(8-13)4-3-7-12(9,11)2;1-4-5-6-7-8(2)9(10)11-3;1-2/h8-9,11H,3-7H2,1-2H3;2,4-7H2,1,3H3;1-2H3/b10-8+;;. The molecule has 2 aliphatic rings. The van der Waals surface area contributed by atoms with Crippen molar-refractivity contribution < 1.29 is 9.53 Å². The van der Waals surface area contributed by atoms with E-state index in [0.29, 0.717) is 11.0 Å². The van der Waals surface area contributed by atoms with Gasteiger partial charge in [0.15, 0.2) is 0 Å². The molecule has 2 rings (SSSR count). The predicted octanol–water partition coefficient (Wildman–Crippen LogP) is 7.82. The van der Waals surface area contributed by atoms with Crippen molar-refractivity contribution in [3.63, 3.8) is 0 Å². The Bertz CT molecular complexity index is 455. The van der Waals surface area contributed by atoms with Gasteiger partial charge in [0, 0.05) is 5.57 Å². The first-order valence-corrected chi connectivity index (χ1v) is 11.4. The van der Waals surface area contributed by atoms with Gasteiger partial charge in [-0.2, -0.15) is 0 Å². The van der Waals surface area contributed by atoms with Gasteiger partial charge in [0.25, 0.3) is 0 Å². The molecule has 0 spiro atoms. The van der Waals surface area contributed by atoms with Crippen LogP contribution in [-0.2, 0) is 9.53 Å². The summed E-state index contributed by atoms with van der Waals surface area (Å²) in [6, 6.07) is 0. The Morgan fingerprint density at radius 2 is 2.00 bits per heavy atom. The Morgan fingerprint density at radius 3 is 2.54 bits per heavy atom. The fourth-order valence-corrected chi connectivity index (χ4v) is 4.81. The summed E-state index contributed by atoms with van der Waals surface area (Å²) in [4.78, 5) is 13.0. The number of ether oxygens (including phenoxy) is 1. The van der Waals surface area contributed by atoms with Crippen molar-refractivity contribution in [2.45, 2.75) is 92.4 Å². The Labute approximate surface area is 171 Å². The molecule has 0 aromatic rings. The third kappa shape index (κ3) is 7.21. The van der Waals surface area contributed by atoms with E-state index in [4.69, 9.17) is 0 Å². The zero-order valence-corrected chi connectivity index (χ0v) is 19.6. The SMILES string of the molecule is C=C(CCCCC)C(=O)OC.CC.CC1CCC2/C(=C/Br)CCCC12C. The lowest BCUT2D eigenvalue weighted by molar-refractivity contribution is -0.136. The maximum atomic E-state index is 10.8. The Hall–Kier alpha value is -0.570. The van der Waals surface area contributed by atoms with E-state index < -0.39 is 0 Å². The average molecular weight is 429 g/mol. The number of methoxy groups -OCH3 is 1. The second-order valence-corrected chi connectivity index (χ2v) is 8.08. The van der Waals surface area contributed by atoms with Crippen molar-refractivity contribution >= 4 is 21.9 Å². The summed E-state index contributed by atoms with van der Waals surface area (Å²) < 4.78 is 4.50. The van der Waals surface area contributed by atoms with Crippen molar-refractivity contribution in [3.8, 4) is 0 Å². The van der Waals surface area contributed by atoms with E-state index in [9.17, 15) is 4.79 Å². The molecule has 0 bridgehead atoms. The smallest absolute Gasteiger partial charge is 0.333 e. The van der Waals surface area contributed by atoms with Crippen molar-refractivity contribution in [2.24, 2.45) is 17.3 Å². The number of rotatable bonds is 5. The van der Waals surface area contributed by atoms with Crippen molar-refractivity contribution in [3.05, 3.63) is 22.7 Å². The van der Waals surface area contributed by atoms with Gasteiger partial charge in [0.1, 0.15) is 0 Å². The van der Waals surface area contributed by atoms with Gasteiger partial charge in [-0.1, -0.05) is 75.5 Å². The Morgan fingerprint density at radius 1 is 1.35 bits per heavy atom. The molecule has 2 nitrogen and oxygen atoms in total. The molecule has 3 atom stereocenters. The van der Waals surface area contributed by atoms with Crippen molar-refractivity contribution in [1.82, 2.24) is 0 Å². The third-order valence-electron chi connectivity index (χ3n) is 6.13. The van der Waals surface area contributed by atoms with Gasteiger partial charge in [0.2, 0.25) is 0 Å². The van der Waals surface area contributed by atoms with Crippen molar-refractivity contribution in [2.75, 3.05) is 7.11 Å². The van der Waals surface area contributed by atoms with Gasteiger partial charge < -0.3 is 4.74 Å². The molecule has 0 aromatic heterocycles. The van der Waals surface area contributed by atoms with Crippen LogP contribution in [0.3, 0.4) is 0 Å². The summed E-state index contributed by atoms with van der Waals surface area (Å²) in [7, 11) is 1.38. The molecule has 0 amide bonds. The molecule has 0 N–H and O–H groups in total. The zero-order valence-electron chi connectivity index (χ0n) is 18.0. The molecule has 26 heavy (non-hydrogen) atoms. The average Bonchev–Trinajstić information content (AvgIpc) is 2.98. The largest absolute Gasteiger partial charge is 0.466 e. The topological polar surface area (TPSA) is 26.3 Å². The van der Waals surface area contributed by atoms with Crippen LogP contribution >= 0.6 is 15.9 Å². The molecule has 2 fully saturated rings. The van der Waals surface area contributed by atoms with Gasteiger partial charge in [-0.05, 0) is 67.2 Å².